The number of carbonyl (C=O) groups is 2. The number of hydrogen-bond acceptors (Lipinski definition) is 4. The van der Waals surface area contributed by atoms with Gasteiger partial charge in [-0.3, -0.25) is 14.5 Å². The number of nitrogens with one attached hydrogen (secondary N) is 1. The normalized spacial score (nSPS) is 10.5. The van der Waals surface area contributed by atoms with E-state index in [1.165, 1.54) is 0 Å². The fraction of sp³-hybridized carbons (Fsp3) is 0.833. The maximum Gasteiger partial charge on any atom is 0.233 e. The molecule has 6 nitrogen and oxygen atoms in total. The Balaban J connectivity index is 3.96. The highest BCUT2D eigenvalue weighted by Crippen LogP contribution is 1.96. The largest absolute Gasteiger partial charge is 0.358 e. The lowest BCUT2D eigenvalue weighted by Gasteiger charge is -2.21. The topological polar surface area (TPSA) is 78.7 Å². The van der Waals surface area contributed by atoms with Gasteiger partial charge < -0.3 is 16.0 Å². The summed E-state index contributed by atoms with van der Waals surface area (Å²) in [7, 11) is 3.40. The summed E-state index contributed by atoms with van der Waals surface area (Å²) in [6, 6.07) is 0. The highest BCUT2D eigenvalue weighted by molar-refractivity contribution is 5.78. The second-order valence-corrected chi connectivity index (χ2v) is 4.25. The second kappa shape index (κ2) is 9.85. The summed E-state index contributed by atoms with van der Waals surface area (Å²) < 4.78 is 0. The van der Waals surface area contributed by atoms with Crippen LogP contribution in [0.25, 0.3) is 0 Å². The van der Waals surface area contributed by atoms with E-state index in [0.29, 0.717) is 32.6 Å². The van der Waals surface area contributed by atoms with Crippen LogP contribution in [0.2, 0.25) is 0 Å². The van der Waals surface area contributed by atoms with Crippen LogP contribution in [0.3, 0.4) is 0 Å². The maximum atomic E-state index is 11.8. The second-order valence-electron chi connectivity index (χ2n) is 4.25. The predicted molar refractivity (Wildman–Crippen MR) is 72.1 cm³/mol. The maximum absolute atomic E-state index is 11.8. The molecule has 18 heavy (non-hydrogen) atoms. The molecule has 0 fully saturated rings. The van der Waals surface area contributed by atoms with Crippen molar-refractivity contribution in [3.8, 4) is 0 Å². The van der Waals surface area contributed by atoms with E-state index in [2.05, 4.69) is 5.32 Å². The molecule has 106 valence electrons. The Bertz CT molecular complexity index is 258. The molecule has 0 saturated heterocycles. The van der Waals surface area contributed by atoms with Crippen molar-refractivity contribution in [2.24, 2.45) is 5.73 Å². The molecule has 0 unspecified atom stereocenters. The monoisotopic (exact) mass is 258 g/mol. The Labute approximate surface area is 109 Å². The van der Waals surface area contributed by atoms with Crippen LogP contribution < -0.4 is 11.1 Å². The van der Waals surface area contributed by atoms with Crippen molar-refractivity contribution in [3.05, 3.63) is 0 Å². The number of nitrogens with zero attached hydrogens (tertiary/aromatic N) is 2. The smallest absolute Gasteiger partial charge is 0.233 e. The zero-order chi connectivity index (χ0) is 14.0. The van der Waals surface area contributed by atoms with Crippen molar-refractivity contribution in [1.29, 1.82) is 0 Å². The third-order valence-corrected chi connectivity index (χ3v) is 2.86. The highest BCUT2D eigenvalue weighted by atomic mass is 16.2. The number of likely N-dealkylation sites (N-methyl/N-ethyl adjacent to an activating group) is 2. The number of amides is 2. The third-order valence-electron chi connectivity index (χ3n) is 2.86. The van der Waals surface area contributed by atoms with Crippen molar-refractivity contribution in [2.45, 2.75) is 19.8 Å². The van der Waals surface area contributed by atoms with E-state index in [9.17, 15) is 9.59 Å². The van der Waals surface area contributed by atoms with Gasteiger partial charge >= 0.3 is 0 Å². The standard InChI is InChI=1S/C12H26N4O2/c1-4-16(10-11(17)14-2)9-6-12(18)15(3)8-5-7-13/h4-10,13H2,1-3H3,(H,14,17). The molecule has 0 aliphatic heterocycles. The van der Waals surface area contributed by atoms with Crippen LogP contribution in [0.5, 0.6) is 0 Å². The number of hydrogen-bond donors (Lipinski definition) is 2. The van der Waals surface area contributed by atoms with E-state index in [0.717, 1.165) is 13.0 Å². The lowest BCUT2D eigenvalue weighted by Crippen LogP contribution is -2.38. The van der Waals surface area contributed by atoms with Crippen molar-refractivity contribution in [1.82, 2.24) is 15.1 Å². The quantitative estimate of drug-likeness (QED) is 0.570. The van der Waals surface area contributed by atoms with E-state index in [1.807, 2.05) is 11.8 Å². The minimum atomic E-state index is -0.0271. The van der Waals surface area contributed by atoms with E-state index < -0.39 is 0 Å². The van der Waals surface area contributed by atoms with Crippen LogP contribution in [0.1, 0.15) is 19.8 Å². The Hall–Kier alpha value is -1.14. The summed E-state index contributed by atoms with van der Waals surface area (Å²) in [6.45, 7) is 4.97. The number of carbonyl (C=O) groups excluding carboxylic acids is 2. The average Bonchev–Trinajstić information content (AvgIpc) is 2.39. The molecular formula is C12H26N4O2. The molecule has 6 heteroatoms. The van der Waals surface area contributed by atoms with E-state index >= 15 is 0 Å². The van der Waals surface area contributed by atoms with Gasteiger partial charge in [0.2, 0.25) is 11.8 Å². The summed E-state index contributed by atoms with van der Waals surface area (Å²) in [5.74, 6) is 0.0691. The van der Waals surface area contributed by atoms with Crippen molar-refractivity contribution in [2.75, 3.05) is 46.8 Å². The van der Waals surface area contributed by atoms with Gasteiger partial charge in [0.1, 0.15) is 0 Å². The van der Waals surface area contributed by atoms with Crippen LogP contribution in [0.4, 0.5) is 0 Å². The van der Waals surface area contributed by atoms with Gasteiger partial charge in [-0.15, -0.1) is 0 Å². The molecule has 0 aromatic carbocycles. The molecule has 0 radical (unpaired) electrons. The fourth-order valence-electron chi connectivity index (χ4n) is 1.53. The summed E-state index contributed by atoms with van der Waals surface area (Å²) in [5, 5.41) is 2.58. The van der Waals surface area contributed by atoms with Crippen molar-refractivity contribution < 1.29 is 9.59 Å². The van der Waals surface area contributed by atoms with Gasteiger partial charge in [-0.2, -0.15) is 0 Å². The van der Waals surface area contributed by atoms with Gasteiger partial charge in [0.25, 0.3) is 0 Å². The van der Waals surface area contributed by atoms with E-state index in [4.69, 9.17) is 5.73 Å². The number of nitrogens with two attached hydrogens (primary N) is 1. The summed E-state index contributed by atoms with van der Waals surface area (Å²) in [5.41, 5.74) is 5.40. The molecule has 2 amide bonds. The molecular weight excluding hydrogens is 232 g/mol. The molecule has 0 aromatic heterocycles. The first kappa shape index (κ1) is 16.9. The van der Waals surface area contributed by atoms with E-state index in [-0.39, 0.29) is 11.8 Å². The zero-order valence-corrected chi connectivity index (χ0v) is 11.7. The molecule has 0 spiro atoms. The van der Waals surface area contributed by atoms with Gasteiger partial charge in [0.15, 0.2) is 0 Å². The third kappa shape index (κ3) is 7.24. The summed E-state index contributed by atoms with van der Waals surface area (Å²) >= 11 is 0. The molecule has 0 atom stereocenters. The minimum Gasteiger partial charge on any atom is -0.358 e. The molecule has 0 aliphatic rings. The Morgan fingerprint density at radius 3 is 2.44 bits per heavy atom. The Morgan fingerprint density at radius 1 is 1.28 bits per heavy atom. The average molecular weight is 258 g/mol. The summed E-state index contributed by atoms with van der Waals surface area (Å²) in [6.07, 6.45) is 1.25. The first-order chi connectivity index (χ1) is 8.54. The summed E-state index contributed by atoms with van der Waals surface area (Å²) in [4.78, 5) is 26.7. The van der Waals surface area contributed by atoms with Crippen LogP contribution in [-0.2, 0) is 9.59 Å². The lowest BCUT2D eigenvalue weighted by atomic mass is 10.3. The first-order valence-electron chi connectivity index (χ1n) is 6.42. The fourth-order valence-corrected chi connectivity index (χ4v) is 1.53. The number of rotatable bonds is 9. The van der Waals surface area contributed by atoms with Crippen LogP contribution in [0.15, 0.2) is 0 Å². The van der Waals surface area contributed by atoms with Gasteiger partial charge in [-0.1, -0.05) is 6.92 Å². The van der Waals surface area contributed by atoms with Gasteiger partial charge in [0, 0.05) is 33.6 Å². The molecule has 0 rings (SSSR count). The van der Waals surface area contributed by atoms with Gasteiger partial charge in [0.05, 0.1) is 6.54 Å². The molecule has 0 heterocycles. The van der Waals surface area contributed by atoms with Crippen LogP contribution in [0, 0.1) is 0 Å². The van der Waals surface area contributed by atoms with Crippen LogP contribution in [-0.4, -0.2) is 68.4 Å². The van der Waals surface area contributed by atoms with Crippen molar-refractivity contribution >= 4 is 11.8 Å². The first-order valence-corrected chi connectivity index (χ1v) is 6.42. The highest BCUT2D eigenvalue weighted by Gasteiger charge is 2.12. The molecule has 0 saturated carbocycles. The molecule has 0 bridgehead atoms. The Morgan fingerprint density at radius 2 is 1.94 bits per heavy atom. The molecule has 0 aliphatic carbocycles. The molecule has 0 aromatic rings. The Kier molecular flexibility index (Phi) is 9.22. The van der Waals surface area contributed by atoms with E-state index in [1.54, 1.807) is 19.0 Å². The SMILES string of the molecule is CCN(CCC(=O)N(C)CCCN)CC(=O)NC. The molecule has 3 N–H and O–H groups in total. The zero-order valence-electron chi connectivity index (χ0n) is 11.7. The predicted octanol–water partition coefficient (Wildman–Crippen LogP) is -0.748. The van der Waals surface area contributed by atoms with Crippen LogP contribution >= 0.6 is 0 Å². The minimum absolute atomic E-state index is 0.0271. The lowest BCUT2D eigenvalue weighted by molar-refractivity contribution is -0.131. The van der Waals surface area contributed by atoms with Gasteiger partial charge in [-0.25, -0.2) is 0 Å². The van der Waals surface area contributed by atoms with Crippen molar-refractivity contribution in [3.63, 3.8) is 0 Å². The van der Waals surface area contributed by atoms with Gasteiger partial charge in [-0.05, 0) is 19.5 Å².